The van der Waals surface area contributed by atoms with Gasteiger partial charge in [0.1, 0.15) is 5.75 Å². The summed E-state index contributed by atoms with van der Waals surface area (Å²) in [6.07, 6.45) is 3.70. The Bertz CT molecular complexity index is 1480. The summed E-state index contributed by atoms with van der Waals surface area (Å²) in [7, 11) is -6.40. The molecule has 0 spiro atoms. The van der Waals surface area contributed by atoms with Crippen LogP contribution in [0, 0.1) is 0 Å². The number of benzene rings is 3. The second-order valence-electron chi connectivity index (χ2n) is 8.33. The Balaban J connectivity index is 1.51. The minimum Gasteiger partial charge on any atom is -0.497 e. The summed E-state index contributed by atoms with van der Waals surface area (Å²) in [4.78, 5) is 15.3. The second kappa shape index (κ2) is 11.0. The predicted octanol–water partition coefficient (Wildman–Crippen LogP) is 4.25. The van der Waals surface area contributed by atoms with Crippen molar-refractivity contribution in [2.45, 2.75) is 27.5 Å². The smallest absolute Gasteiger partial charge is 0.261 e. The maximum Gasteiger partial charge on any atom is 0.261 e. The summed E-state index contributed by atoms with van der Waals surface area (Å²) in [5.74, 6) is 0.410. The molecule has 9 nitrogen and oxygen atoms in total. The molecule has 1 amide bonds. The Labute approximate surface area is 221 Å². The van der Waals surface area contributed by atoms with E-state index in [0.717, 1.165) is 12.8 Å². The Kier molecular flexibility index (Phi) is 8.00. The van der Waals surface area contributed by atoms with Gasteiger partial charge in [0.15, 0.2) is 0 Å². The number of ether oxygens (including phenoxy) is 1. The van der Waals surface area contributed by atoms with E-state index in [4.69, 9.17) is 4.74 Å². The van der Waals surface area contributed by atoms with Gasteiger partial charge in [-0.3, -0.25) is 14.2 Å². The molecule has 0 radical (unpaired) electrons. The van der Waals surface area contributed by atoms with Gasteiger partial charge in [0.25, 0.3) is 26.0 Å². The van der Waals surface area contributed by atoms with Crippen LogP contribution < -0.4 is 14.2 Å². The molecule has 1 fully saturated rings. The number of thioether (sulfide) groups is 1. The van der Waals surface area contributed by atoms with Crippen LogP contribution in [0.25, 0.3) is 0 Å². The van der Waals surface area contributed by atoms with E-state index in [0.29, 0.717) is 35.0 Å². The van der Waals surface area contributed by atoms with Gasteiger partial charge < -0.3 is 9.64 Å². The fraction of sp³-hybridized carbons (Fsp3) is 0.240. The summed E-state index contributed by atoms with van der Waals surface area (Å²) in [6, 6.07) is 16.2. The summed E-state index contributed by atoms with van der Waals surface area (Å²) in [6.45, 7) is 1.31. The number of rotatable bonds is 9. The number of carbonyl (C=O) groups excluding carboxylic acids is 1. The van der Waals surface area contributed by atoms with Gasteiger partial charge in [-0.2, -0.15) is 0 Å². The summed E-state index contributed by atoms with van der Waals surface area (Å²) < 4.78 is 61.6. The fourth-order valence-corrected chi connectivity index (χ4v) is 6.61. The van der Waals surface area contributed by atoms with E-state index >= 15 is 0 Å². The molecule has 1 aliphatic rings. The number of anilines is 2. The topological polar surface area (TPSA) is 122 Å². The quantitative estimate of drug-likeness (QED) is 0.375. The monoisotopic (exact) mass is 561 g/mol. The third-order valence-electron chi connectivity index (χ3n) is 5.86. The first-order valence-corrected chi connectivity index (χ1v) is 15.6. The van der Waals surface area contributed by atoms with E-state index in [1.54, 1.807) is 35.2 Å². The molecule has 0 aliphatic carbocycles. The number of sulfonamides is 2. The van der Waals surface area contributed by atoms with Gasteiger partial charge in [-0.25, -0.2) is 16.8 Å². The second-order valence-corrected chi connectivity index (χ2v) is 12.5. The number of hydrogen-bond donors (Lipinski definition) is 2. The van der Waals surface area contributed by atoms with E-state index in [1.807, 2.05) is 6.26 Å². The molecule has 0 aromatic heterocycles. The fourth-order valence-electron chi connectivity index (χ4n) is 3.90. The number of hydrogen-bond acceptors (Lipinski definition) is 7. The van der Waals surface area contributed by atoms with Crippen LogP contribution in [0.5, 0.6) is 5.75 Å². The Morgan fingerprint density at radius 2 is 1.32 bits per heavy atom. The van der Waals surface area contributed by atoms with E-state index in [-0.39, 0.29) is 21.4 Å². The molecule has 37 heavy (non-hydrogen) atoms. The third-order valence-corrected chi connectivity index (χ3v) is 9.44. The molecule has 0 saturated carbocycles. The molecule has 3 aromatic carbocycles. The maximum absolute atomic E-state index is 13.1. The van der Waals surface area contributed by atoms with E-state index in [2.05, 4.69) is 9.44 Å². The first kappa shape index (κ1) is 26.8. The molecule has 0 atom stereocenters. The van der Waals surface area contributed by atoms with Crippen LogP contribution in [-0.2, 0) is 20.0 Å². The van der Waals surface area contributed by atoms with Crippen LogP contribution in [0.4, 0.5) is 11.4 Å². The van der Waals surface area contributed by atoms with E-state index in [1.165, 1.54) is 55.3 Å². The lowest BCUT2D eigenvalue weighted by molar-refractivity contribution is 0.0789. The lowest BCUT2D eigenvalue weighted by Gasteiger charge is -2.18. The zero-order valence-electron chi connectivity index (χ0n) is 20.3. The first-order valence-electron chi connectivity index (χ1n) is 11.4. The average molecular weight is 562 g/mol. The third kappa shape index (κ3) is 6.20. The summed E-state index contributed by atoms with van der Waals surface area (Å²) >= 11 is 1.38. The largest absolute Gasteiger partial charge is 0.497 e. The van der Waals surface area contributed by atoms with Gasteiger partial charge in [0.05, 0.1) is 22.5 Å². The molecule has 1 saturated heterocycles. The van der Waals surface area contributed by atoms with Crippen molar-refractivity contribution < 1.29 is 26.4 Å². The first-order chi connectivity index (χ1) is 17.6. The van der Waals surface area contributed by atoms with Crippen molar-refractivity contribution in [3.63, 3.8) is 0 Å². The zero-order valence-corrected chi connectivity index (χ0v) is 22.8. The molecule has 2 N–H and O–H groups in total. The maximum atomic E-state index is 13.1. The zero-order chi connectivity index (χ0) is 26.6. The van der Waals surface area contributed by atoms with Crippen molar-refractivity contribution in [2.24, 2.45) is 0 Å². The Morgan fingerprint density at radius 3 is 1.86 bits per heavy atom. The Morgan fingerprint density at radius 1 is 0.811 bits per heavy atom. The highest BCUT2D eigenvalue weighted by molar-refractivity contribution is 7.98. The van der Waals surface area contributed by atoms with Crippen molar-refractivity contribution >= 4 is 49.1 Å². The minimum absolute atomic E-state index is 0.0333. The van der Waals surface area contributed by atoms with Crippen molar-refractivity contribution in [3.05, 3.63) is 72.3 Å². The SMILES string of the molecule is COc1ccc(NS(=O)(=O)c2ccc(NS(=O)(=O)c3ccc(SC)c(C(=O)N4CCCC4)c3)cc2)cc1. The minimum atomic E-state index is -4.03. The molecule has 12 heteroatoms. The lowest BCUT2D eigenvalue weighted by atomic mass is 10.2. The number of carbonyl (C=O) groups is 1. The van der Waals surface area contributed by atoms with E-state index < -0.39 is 20.0 Å². The van der Waals surface area contributed by atoms with Crippen LogP contribution in [0.3, 0.4) is 0 Å². The molecule has 4 rings (SSSR count). The number of nitrogens with zero attached hydrogens (tertiary/aromatic N) is 1. The number of methoxy groups -OCH3 is 1. The van der Waals surface area contributed by atoms with Gasteiger partial charge in [-0.1, -0.05) is 0 Å². The molecular weight excluding hydrogens is 534 g/mol. The normalized spacial score (nSPS) is 13.8. The van der Waals surface area contributed by atoms with Crippen LogP contribution in [-0.4, -0.2) is 54.1 Å². The van der Waals surface area contributed by atoms with Gasteiger partial charge in [0.2, 0.25) is 0 Å². The van der Waals surface area contributed by atoms with Crippen LogP contribution in [0.1, 0.15) is 23.2 Å². The van der Waals surface area contributed by atoms with Crippen molar-refractivity contribution in [1.29, 1.82) is 0 Å². The standard InChI is InChI=1S/C25H27N3O6S3/c1-34-20-9-5-18(6-10-20)26-36(30,31)21-11-7-19(8-12-21)27-37(32,33)22-13-14-24(35-2)23(17-22)25(29)28-15-3-4-16-28/h5-14,17,26-27H,3-4,15-16H2,1-2H3. The van der Waals surface area contributed by atoms with Crippen LogP contribution in [0.2, 0.25) is 0 Å². The molecule has 3 aromatic rings. The van der Waals surface area contributed by atoms with Crippen LogP contribution >= 0.6 is 11.8 Å². The van der Waals surface area contributed by atoms with Crippen molar-refractivity contribution in [1.82, 2.24) is 4.90 Å². The lowest BCUT2D eigenvalue weighted by Crippen LogP contribution is -2.28. The van der Waals surface area contributed by atoms with Gasteiger partial charge in [-0.15, -0.1) is 11.8 Å². The predicted molar refractivity (Wildman–Crippen MR) is 144 cm³/mol. The highest BCUT2D eigenvalue weighted by atomic mass is 32.2. The molecular formula is C25H27N3O6S3. The molecule has 0 bridgehead atoms. The highest BCUT2D eigenvalue weighted by Gasteiger charge is 2.25. The van der Waals surface area contributed by atoms with Crippen molar-refractivity contribution in [3.8, 4) is 5.75 Å². The molecule has 1 aliphatic heterocycles. The highest BCUT2D eigenvalue weighted by Crippen LogP contribution is 2.28. The molecule has 0 unspecified atom stereocenters. The molecule has 1 heterocycles. The molecule has 196 valence electrons. The average Bonchev–Trinajstić information content (AvgIpc) is 3.43. The summed E-state index contributed by atoms with van der Waals surface area (Å²) in [5, 5.41) is 0. The van der Waals surface area contributed by atoms with Gasteiger partial charge in [-0.05, 0) is 85.8 Å². The van der Waals surface area contributed by atoms with E-state index in [9.17, 15) is 21.6 Å². The summed E-state index contributed by atoms with van der Waals surface area (Å²) in [5.41, 5.74) is 0.895. The van der Waals surface area contributed by atoms with Gasteiger partial charge in [0, 0.05) is 29.4 Å². The van der Waals surface area contributed by atoms with Crippen molar-refractivity contribution in [2.75, 3.05) is 35.9 Å². The Hall–Kier alpha value is -3.22. The number of nitrogens with one attached hydrogen (secondary N) is 2. The van der Waals surface area contributed by atoms with Crippen LogP contribution in [0.15, 0.2) is 81.4 Å². The van der Waals surface area contributed by atoms with Gasteiger partial charge >= 0.3 is 0 Å². The number of amides is 1. The number of likely N-dealkylation sites (tertiary alicyclic amines) is 1.